The van der Waals surface area contributed by atoms with E-state index in [9.17, 15) is 14.4 Å². The van der Waals surface area contributed by atoms with Crippen molar-refractivity contribution in [2.24, 2.45) is 0 Å². The summed E-state index contributed by atoms with van der Waals surface area (Å²) in [6, 6.07) is 0. The summed E-state index contributed by atoms with van der Waals surface area (Å²) < 4.78 is 4.71. The molecule has 0 fully saturated rings. The van der Waals surface area contributed by atoms with Crippen molar-refractivity contribution >= 4 is 18.5 Å². The molecule has 0 heterocycles. The van der Waals surface area contributed by atoms with E-state index in [0.29, 0.717) is 0 Å². The third kappa shape index (κ3) is 7.31. The molecular formula is C12H21FmN2O5-. The van der Waals surface area contributed by atoms with Gasteiger partial charge >= 0.3 is 12.1 Å². The standard InChI is InChI=1S/C10H15N2O5.C2H6.Fm/c1-4-5-17-9(16)12(3)6-10(2,8(14)15)11-7-13;1-2;/h4H,1,5-6H2,2-3H3,(H,11,13)(H,14,15);1-2H3;/q-1;;. The summed E-state index contributed by atoms with van der Waals surface area (Å²) in [5, 5.41) is 11.0. The van der Waals surface area contributed by atoms with E-state index in [1.54, 1.807) is 0 Å². The first-order valence-electron chi connectivity index (χ1n) is 5.74. The summed E-state index contributed by atoms with van der Waals surface area (Å²) >= 11 is 0. The van der Waals surface area contributed by atoms with Crippen LogP contribution in [0.5, 0.6) is 0 Å². The zero-order valence-corrected chi connectivity index (χ0v) is 14.4. The van der Waals surface area contributed by atoms with Gasteiger partial charge in [0.15, 0.2) is 0 Å². The fourth-order valence-electron chi connectivity index (χ4n) is 1.05. The molecule has 0 rings (SSSR count). The average molecular weight is 530 g/mol. The van der Waals surface area contributed by atoms with Crippen LogP contribution < -0.4 is 5.32 Å². The van der Waals surface area contributed by atoms with E-state index >= 15 is 0 Å². The van der Waals surface area contributed by atoms with Gasteiger partial charge in [0.25, 0.3) is 0 Å². The van der Waals surface area contributed by atoms with Crippen molar-refractivity contribution in [3.8, 4) is 0 Å². The van der Waals surface area contributed by atoms with Gasteiger partial charge in [-0.25, -0.2) is 9.59 Å². The van der Waals surface area contributed by atoms with Gasteiger partial charge < -0.3 is 24.9 Å². The Hall–Kier alpha value is -3.05. The van der Waals surface area contributed by atoms with Crippen LogP contribution in [0.3, 0.4) is 0 Å². The van der Waals surface area contributed by atoms with Crippen LogP contribution in [-0.2, 0) is 14.3 Å². The number of ether oxygens (including phenoxy) is 1. The number of carbonyl (C=O) groups excluding carboxylic acids is 2. The number of carbonyl (C=O) groups is 2. The maximum Gasteiger partial charge on any atom is 0.409 e. The van der Waals surface area contributed by atoms with Crippen molar-refractivity contribution in [3.05, 3.63) is 12.7 Å². The van der Waals surface area contributed by atoms with Crippen LogP contribution in [0.25, 0.3) is 0 Å². The number of amides is 2. The average Bonchev–Trinajstić information content (AvgIpc) is 2.38. The summed E-state index contributed by atoms with van der Waals surface area (Å²) in [7, 11) is 1.36. The van der Waals surface area contributed by atoms with Crippen molar-refractivity contribution in [2.45, 2.75) is 26.3 Å². The number of aliphatic carboxylic acids is 1. The molecule has 0 saturated heterocycles. The minimum absolute atomic E-state index is 0. The van der Waals surface area contributed by atoms with Gasteiger partial charge in [-0.1, -0.05) is 26.5 Å². The number of carboxylic acid groups (broad SMARTS) is 1. The number of hydrogen-bond donors (Lipinski definition) is 2. The van der Waals surface area contributed by atoms with Crippen LogP contribution in [0.2, 0.25) is 0 Å². The molecule has 0 aromatic heterocycles. The Balaban J connectivity index is -0.000000916. The molecule has 0 saturated carbocycles. The van der Waals surface area contributed by atoms with E-state index in [0.717, 1.165) is 4.90 Å². The molecule has 20 heavy (non-hydrogen) atoms. The van der Waals surface area contributed by atoms with E-state index in [1.165, 1.54) is 26.5 Å². The van der Waals surface area contributed by atoms with Gasteiger partial charge in [0.05, 0.1) is 6.54 Å². The molecule has 0 aliphatic heterocycles. The van der Waals surface area contributed by atoms with Gasteiger partial charge in [-0.3, -0.25) is 0 Å². The van der Waals surface area contributed by atoms with E-state index < -0.39 is 17.6 Å². The topological polar surface area (TPSA) is 95.9 Å². The largest absolute Gasteiger partial charge is 0.520 e. The second kappa shape index (κ2) is 11.1. The van der Waals surface area contributed by atoms with Crippen molar-refractivity contribution in [2.75, 3.05) is 20.2 Å². The molecular weight excluding hydrogens is 509 g/mol. The van der Waals surface area contributed by atoms with Crippen LogP contribution in [0.15, 0.2) is 12.7 Å². The molecule has 0 aliphatic rings. The molecule has 122 valence electrons. The Kier molecular flexibility index (Phi) is 12.3. The molecule has 0 spiro atoms. The Labute approximate surface area is 113 Å². The van der Waals surface area contributed by atoms with Crippen LogP contribution in [0.4, 0.5) is 4.79 Å². The summed E-state index contributed by atoms with van der Waals surface area (Å²) in [5.74, 6) is -1.27. The van der Waals surface area contributed by atoms with Gasteiger partial charge in [0.2, 0.25) is 0 Å². The Morgan fingerprint density at radius 3 is 2.35 bits per heavy atom. The van der Waals surface area contributed by atoms with Crippen molar-refractivity contribution in [3.63, 3.8) is 0 Å². The Bertz CT molecular complexity index is 325. The molecule has 2 N–H and O–H groups in total. The molecule has 8 heteroatoms. The molecule has 0 aromatic carbocycles. The van der Waals surface area contributed by atoms with Crippen molar-refractivity contribution in [1.82, 2.24) is 10.2 Å². The van der Waals surface area contributed by atoms with Gasteiger partial charge in [-0.2, -0.15) is 6.41 Å². The maximum atomic E-state index is 11.3. The van der Waals surface area contributed by atoms with Crippen LogP contribution >= 0.6 is 0 Å². The molecule has 1 atom stereocenters. The summed E-state index contributed by atoms with van der Waals surface area (Å²) in [5.41, 5.74) is -1.61. The number of likely N-dealkylation sites (N-methyl/N-ethyl adjacent to an activating group) is 1. The fourth-order valence-corrected chi connectivity index (χ4v) is 1.05. The SMILES string of the molecule is C=CCOC(=O)N(C)CC(C)(N[C-]=O)C(=O)O.CC.[Fm]. The quantitative estimate of drug-likeness (QED) is 0.288. The third-order valence-electron chi connectivity index (χ3n) is 1.99. The minimum atomic E-state index is -1.61. The first-order chi connectivity index (χ1) is 8.87. The second-order valence-electron chi connectivity index (χ2n) is 3.59. The zero-order chi connectivity index (χ0) is 15.5. The van der Waals surface area contributed by atoms with E-state index in [4.69, 9.17) is 9.84 Å². The molecule has 0 aromatic rings. The number of carboxylic acids is 1. The van der Waals surface area contributed by atoms with E-state index in [1.807, 2.05) is 19.2 Å². The monoisotopic (exact) mass is 530 g/mol. The predicted molar refractivity (Wildman–Crippen MR) is 70.4 cm³/mol. The normalized spacial score (nSPS) is 11.4. The third-order valence-corrected chi connectivity index (χ3v) is 1.99. The Morgan fingerprint density at radius 1 is 1.50 bits per heavy atom. The number of rotatable bonds is 7. The molecule has 0 radical (unpaired) electrons. The molecule has 0 bridgehead atoms. The molecule has 7 nitrogen and oxygen atoms in total. The first kappa shape index (κ1) is 22.2. The summed E-state index contributed by atoms with van der Waals surface area (Å²) in [6.45, 7) is 8.42. The van der Waals surface area contributed by atoms with Crippen LogP contribution in [0.1, 0.15) is 20.8 Å². The smallest absolute Gasteiger partial charge is 0.409 e. The van der Waals surface area contributed by atoms with Crippen molar-refractivity contribution in [1.29, 1.82) is 0 Å². The Morgan fingerprint density at radius 2 is 2.00 bits per heavy atom. The number of nitrogens with one attached hydrogen (secondary N) is 1. The summed E-state index contributed by atoms with van der Waals surface area (Å²) in [6.07, 6.45) is 1.99. The van der Waals surface area contributed by atoms with Crippen LogP contribution in [0, 0.1) is 0 Å². The summed E-state index contributed by atoms with van der Waals surface area (Å²) in [4.78, 5) is 33.5. The second-order valence-corrected chi connectivity index (χ2v) is 3.59. The maximum absolute atomic E-state index is 11.3. The van der Waals surface area contributed by atoms with Crippen molar-refractivity contribution < 1.29 is 24.2 Å². The number of nitrogens with zero attached hydrogens (tertiary/aromatic N) is 1. The van der Waals surface area contributed by atoms with Gasteiger partial charge in [0.1, 0.15) is 12.1 Å². The van der Waals surface area contributed by atoms with E-state index in [-0.39, 0.29) is 13.2 Å². The van der Waals surface area contributed by atoms with Crippen LogP contribution in [-0.4, -0.2) is 54.2 Å². The van der Waals surface area contributed by atoms with Gasteiger partial charge in [0, 0.05) is 7.05 Å². The molecule has 1 unspecified atom stereocenters. The molecule has 2 amide bonds. The first-order valence-corrected chi connectivity index (χ1v) is 5.74. The van der Waals surface area contributed by atoms with Gasteiger partial charge in [-0.15, -0.1) is 0 Å². The predicted octanol–water partition coefficient (Wildman–Crippen LogP) is 0.767. The molecule has 0 aliphatic carbocycles. The van der Waals surface area contributed by atoms with E-state index in [2.05, 4.69) is 6.58 Å². The number of hydrogen-bond acceptors (Lipinski definition) is 4. The van der Waals surface area contributed by atoms with Gasteiger partial charge in [-0.05, 0) is 6.92 Å². The fraction of sp³-hybridized carbons (Fsp3) is 0.583. The zero-order valence-electron chi connectivity index (χ0n) is 12.0. The minimum Gasteiger partial charge on any atom is -0.520 e.